The molecule has 1 aromatic rings. The van der Waals surface area contributed by atoms with E-state index in [1.165, 1.54) is 0 Å². The summed E-state index contributed by atoms with van der Waals surface area (Å²) in [6, 6.07) is 0. The van der Waals surface area contributed by atoms with Crippen LogP contribution < -0.4 is 0 Å². The average Bonchev–Trinajstić information content (AvgIpc) is 2.11. The fourth-order valence-electron chi connectivity index (χ4n) is 0.404. The maximum atomic E-state index is 11.6. The highest BCUT2D eigenvalue weighted by Gasteiger charge is 2.34. The van der Waals surface area contributed by atoms with Gasteiger partial charge in [0.2, 0.25) is 10.6 Å². The van der Waals surface area contributed by atoms with E-state index in [0.29, 0.717) is 0 Å². The number of rotatable bonds is 0. The lowest BCUT2D eigenvalue weighted by Crippen LogP contribution is -2.07. The molecule has 0 spiro atoms. The van der Waals surface area contributed by atoms with Crippen LogP contribution in [0.3, 0.4) is 0 Å². The maximum Gasteiger partial charge on any atom is 0.451 e. The van der Waals surface area contributed by atoms with Crippen molar-refractivity contribution in [1.82, 2.24) is 15.2 Å². The minimum Gasteiger partial charge on any atom is -0.412 e. The second-order valence-corrected chi connectivity index (χ2v) is 1.90. The molecule has 1 rings (SSSR count). The van der Waals surface area contributed by atoms with Crippen LogP contribution in [0.25, 0.3) is 0 Å². The minimum absolute atomic E-state index is 0. The Labute approximate surface area is 63.7 Å². The van der Waals surface area contributed by atoms with Gasteiger partial charge in [-0.2, -0.15) is 18.2 Å². The first-order valence-electron chi connectivity index (χ1n) is 2.22. The van der Waals surface area contributed by atoms with Gasteiger partial charge in [-0.05, 0) is 12.2 Å². The highest BCUT2D eigenvalue weighted by atomic mass is 32.1. The van der Waals surface area contributed by atoms with Crippen molar-refractivity contribution in [3.63, 3.8) is 0 Å². The Morgan fingerprint density at radius 1 is 1.27 bits per heavy atom. The van der Waals surface area contributed by atoms with Crippen LogP contribution in [0.4, 0.5) is 13.2 Å². The molecule has 0 aliphatic heterocycles. The topological polar surface area (TPSA) is 76.0 Å². The van der Waals surface area contributed by atoms with Crippen molar-refractivity contribution < 1.29 is 18.6 Å². The van der Waals surface area contributed by atoms with Crippen LogP contribution in [0.1, 0.15) is 5.82 Å². The molecule has 0 fully saturated rings. The first kappa shape index (κ1) is 10.1. The van der Waals surface area contributed by atoms with Crippen LogP contribution in [0.15, 0.2) is 0 Å². The van der Waals surface area contributed by atoms with E-state index < -0.39 is 12.0 Å². The Kier molecular flexibility index (Phi) is 2.77. The molecule has 0 aromatic carbocycles. The van der Waals surface area contributed by atoms with Crippen molar-refractivity contribution in [3.8, 4) is 0 Å². The number of H-pyrrole nitrogens is 2. The predicted molar refractivity (Wildman–Crippen MR) is 32.4 cm³/mol. The summed E-state index contributed by atoms with van der Waals surface area (Å²) < 4.78 is 34.7. The molecule has 11 heavy (non-hydrogen) atoms. The Bertz CT molecular complexity index is 276. The molecule has 0 aliphatic carbocycles. The molecule has 0 amide bonds. The van der Waals surface area contributed by atoms with Gasteiger partial charge in [0.05, 0.1) is 0 Å². The quantitative estimate of drug-likeness (QED) is 0.585. The molecule has 0 bridgehead atoms. The largest absolute Gasteiger partial charge is 0.451 e. The van der Waals surface area contributed by atoms with Gasteiger partial charge in [-0.3, -0.25) is 10.2 Å². The van der Waals surface area contributed by atoms with E-state index in [1.807, 2.05) is 5.10 Å². The van der Waals surface area contributed by atoms with E-state index in [0.717, 1.165) is 0 Å². The molecule has 0 unspecified atom stereocenters. The number of halogens is 3. The Hall–Kier alpha value is -0.890. The van der Waals surface area contributed by atoms with Crippen LogP contribution in [0.2, 0.25) is 0 Å². The first-order chi connectivity index (χ1) is 4.50. The molecule has 0 atom stereocenters. The molecule has 8 heteroatoms. The van der Waals surface area contributed by atoms with Crippen molar-refractivity contribution in [3.05, 3.63) is 10.6 Å². The summed E-state index contributed by atoms with van der Waals surface area (Å²) in [5, 5.41) is 3.81. The number of hydrogen-bond acceptors (Lipinski definition) is 2. The summed E-state index contributed by atoms with van der Waals surface area (Å²) >= 11 is 4.30. The zero-order valence-electron chi connectivity index (χ0n) is 4.99. The summed E-state index contributed by atoms with van der Waals surface area (Å²) in [6.07, 6.45) is -4.45. The van der Waals surface area contributed by atoms with Gasteiger partial charge in [0.1, 0.15) is 0 Å². The Balaban J connectivity index is 0.000001000. The summed E-state index contributed by atoms with van der Waals surface area (Å²) in [4.78, 5) is 2.96. The number of aromatic amines is 2. The normalized spacial score (nSPS) is 10.8. The Morgan fingerprint density at radius 3 is 2.00 bits per heavy atom. The van der Waals surface area contributed by atoms with Crippen LogP contribution in [0, 0.1) is 4.77 Å². The molecular formula is C3H4F3N3OS. The minimum atomic E-state index is -4.45. The highest BCUT2D eigenvalue weighted by Crippen LogP contribution is 2.24. The second-order valence-electron chi connectivity index (χ2n) is 1.51. The number of aromatic nitrogens is 3. The summed E-state index contributed by atoms with van der Waals surface area (Å²) in [5.74, 6) is -1.10. The number of nitrogens with one attached hydrogen (secondary N) is 2. The van der Waals surface area contributed by atoms with Gasteiger partial charge in [-0.15, -0.1) is 0 Å². The van der Waals surface area contributed by atoms with Crippen molar-refractivity contribution >= 4 is 12.2 Å². The van der Waals surface area contributed by atoms with Crippen LogP contribution >= 0.6 is 12.2 Å². The third kappa shape index (κ3) is 2.31. The van der Waals surface area contributed by atoms with Gasteiger partial charge < -0.3 is 5.48 Å². The molecule has 4 N–H and O–H groups in total. The van der Waals surface area contributed by atoms with Crippen LogP contribution in [0.5, 0.6) is 0 Å². The monoisotopic (exact) mass is 187 g/mol. The first-order valence-corrected chi connectivity index (χ1v) is 2.63. The zero-order chi connectivity index (χ0) is 7.78. The van der Waals surface area contributed by atoms with Gasteiger partial charge in [0, 0.05) is 0 Å². The van der Waals surface area contributed by atoms with Crippen molar-refractivity contribution in [2.75, 3.05) is 0 Å². The molecule has 0 saturated heterocycles. The van der Waals surface area contributed by atoms with Crippen LogP contribution in [-0.4, -0.2) is 20.7 Å². The van der Waals surface area contributed by atoms with E-state index >= 15 is 0 Å². The van der Waals surface area contributed by atoms with E-state index in [-0.39, 0.29) is 10.2 Å². The van der Waals surface area contributed by atoms with Gasteiger partial charge >= 0.3 is 6.18 Å². The fourth-order valence-corrected chi connectivity index (χ4v) is 0.547. The molecule has 0 saturated carbocycles. The van der Waals surface area contributed by atoms with Gasteiger partial charge in [0.25, 0.3) is 0 Å². The summed E-state index contributed by atoms with van der Waals surface area (Å²) in [7, 11) is 0. The van der Waals surface area contributed by atoms with Crippen molar-refractivity contribution in [1.29, 1.82) is 0 Å². The van der Waals surface area contributed by atoms with Gasteiger partial charge in [-0.25, -0.2) is 0 Å². The average molecular weight is 187 g/mol. The van der Waals surface area contributed by atoms with E-state index in [2.05, 4.69) is 17.2 Å². The third-order valence-electron chi connectivity index (χ3n) is 0.770. The number of hydrogen-bond donors (Lipinski definition) is 2. The molecule has 0 radical (unpaired) electrons. The Morgan fingerprint density at radius 2 is 1.82 bits per heavy atom. The lowest BCUT2D eigenvalue weighted by molar-refractivity contribution is -0.144. The summed E-state index contributed by atoms with van der Waals surface area (Å²) in [6.45, 7) is 0. The second kappa shape index (κ2) is 3.01. The SMILES string of the molecule is FC(F)(F)c1nc(=S)[nH][nH]1.O. The predicted octanol–water partition coefficient (Wildman–Crippen LogP) is 0.661. The smallest absolute Gasteiger partial charge is 0.412 e. The molecule has 4 nitrogen and oxygen atoms in total. The molecule has 64 valence electrons. The lowest BCUT2D eigenvalue weighted by atomic mass is 10.6. The molecular weight excluding hydrogens is 183 g/mol. The van der Waals surface area contributed by atoms with Gasteiger partial charge in [-0.1, -0.05) is 0 Å². The standard InChI is InChI=1S/C3H2F3N3S.H2O/c4-3(5,6)1-7-2(10)9-8-1;/h(H2,7,8,9,10);1H2. The highest BCUT2D eigenvalue weighted by molar-refractivity contribution is 7.71. The number of nitrogens with zero attached hydrogens (tertiary/aromatic N) is 1. The molecule has 0 aliphatic rings. The third-order valence-corrected chi connectivity index (χ3v) is 0.963. The molecule has 1 heterocycles. The maximum absolute atomic E-state index is 11.6. The fraction of sp³-hybridized carbons (Fsp3) is 0.333. The molecule has 1 aromatic heterocycles. The zero-order valence-corrected chi connectivity index (χ0v) is 5.81. The van der Waals surface area contributed by atoms with Crippen LogP contribution in [-0.2, 0) is 6.18 Å². The van der Waals surface area contributed by atoms with Crippen molar-refractivity contribution in [2.24, 2.45) is 0 Å². The summed E-state index contributed by atoms with van der Waals surface area (Å²) in [5.41, 5.74) is 0. The van der Waals surface area contributed by atoms with E-state index in [9.17, 15) is 13.2 Å². The lowest BCUT2D eigenvalue weighted by Gasteiger charge is -1.97. The van der Waals surface area contributed by atoms with Crippen molar-refractivity contribution in [2.45, 2.75) is 6.18 Å². The van der Waals surface area contributed by atoms with E-state index in [4.69, 9.17) is 0 Å². The van der Waals surface area contributed by atoms with Gasteiger partial charge in [0.15, 0.2) is 0 Å². The van der Waals surface area contributed by atoms with E-state index in [1.54, 1.807) is 5.10 Å². The number of alkyl halides is 3.